The molecule has 1 rings (SSSR count). The van der Waals surface area contributed by atoms with Crippen molar-refractivity contribution < 1.29 is 9.90 Å². The number of amides is 1. The molecule has 0 aliphatic carbocycles. The molecular formula is C14H20BrNO2. The monoisotopic (exact) mass is 313 g/mol. The minimum Gasteiger partial charge on any atom is -0.396 e. The molecule has 0 radical (unpaired) electrons. The zero-order valence-corrected chi connectivity index (χ0v) is 12.6. The van der Waals surface area contributed by atoms with Gasteiger partial charge in [-0.2, -0.15) is 0 Å². The van der Waals surface area contributed by atoms with Crippen molar-refractivity contribution in [3.05, 3.63) is 33.8 Å². The first-order valence-electron chi connectivity index (χ1n) is 6.09. The van der Waals surface area contributed by atoms with Crippen molar-refractivity contribution in [2.45, 2.75) is 27.3 Å². The molecule has 2 N–H and O–H groups in total. The summed E-state index contributed by atoms with van der Waals surface area (Å²) in [6.07, 6.45) is 0. The van der Waals surface area contributed by atoms with Gasteiger partial charge in [0, 0.05) is 11.0 Å². The van der Waals surface area contributed by atoms with Gasteiger partial charge in [-0.1, -0.05) is 35.8 Å². The molecule has 0 spiro atoms. The van der Waals surface area contributed by atoms with Crippen LogP contribution in [0.1, 0.15) is 25.0 Å². The summed E-state index contributed by atoms with van der Waals surface area (Å²) >= 11 is 3.42. The van der Waals surface area contributed by atoms with Gasteiger partial charge in [0.2, 0.25) is 5.91 Å². The van der Waals surface area contributed by atoms with E-state index in [4.69, 9.17) is 0 Å². The van der Waals surface area contributed by atoms with Crippen LogP contribution < -0.4 is 5.32 Å². The van der Waals surface area contributed by atoms with Crippen LogP contribution in [0.3, 0.4) is 0 Å². The van der Waals surface area contributed by atoms with Crippen molar-refractivity contribution in [1.29, 1.82) is 0 Å². The number of nitrogens with one attached hydrogen (secondary N) is 1. The highest BCUT2D eigenvalue weighted by Crippen LogP contribution is 2.16. The third-order valence-electron chi connectivity index (χ3n) is 3.10. The molecule has 0 aromatic heterocycles. The molecule has 0 fully saturated rings. The molecule has 0 aliphatic heterocycles. The van der Waals surface area contributed by atoms with Gasteiger partial charge in [-0.15, -0.1) is 0 Å². The van der Waals surface area contributed by atoms with E-state index < -0.39 is 0 Å². The highest BCUT2D eigenvalue weighted by molar-refractivity contribution is 9.10. The van der Waals surface area contributed by atoms with Crippen molar-refractivity contribution >= 4 is 21.8 Å². The van der Waals surface area contributed by atoms with Gasteiger partial charge in [0.1, 0.15) is 0 Å². The molecule has 1 aromatic rings. The predicted octanol–water partition coefficient (Wildman–Crippen LogP) is 2.64. The van der Waals surface area contributed by atoms with Crippen LogP contribution in [-0.4, -0.2) is 17.6 Å². The smallest absolute Gasteiger partial charge is 0.225 e. The fourth-order valence-electron chi connectivity index (χ4n) is 1.74. The van der Waals surface area contributed by atoms with Crippen LogP contribution in [0.4, 0.5) is 0 Å². The number of hydrogen-bond acceptors (Lipinski definition) is 2. The van der Waals surface area contributed by atoms with E-state index in [0.717, 1.165) is 15.6 Å². The zero-order valence-electron chi connectivity index (χ0n) is 11.0. The lowest BCUT2D eigenvalue weighted by atomic mass is 9.96. The maximum absolute atomic E-state index is 11.9. The van der Waals surface area contributed by atoms with E-state index in [-0.39, 0.29) is 24.3 Å². The molecule has 1 amide bonds. The second kappa shape index (κ2) is 6.90. The third-order valence-corrected chi connectivity index (χ3v) is 3.60. The number of halogens is 1. The lowest BCUT2D eigenvalue weighted by Crippen LogP contribution is -2.35. The molecule has 0 bridgehead atoms. The topological polar surface area (TPSA) is 49.3 Å². The lowest BCUT2D eigenvalue weighted by Gasteiger charge is -2.18. The molecule has 18 heavy (non-hydrogen) atoms. The maximum atomic E-state index is 11.9. The van der Waals surface area contributed by atoms with E-state index in [1.165, 1.54) is 0 Å². The molecule has 0 heterocycles. The Kier molecular flexibility index (Phi) is 5.82. The molecule has 1 aromatic carbocycles. The van der Waals surface area contributed by atoms with Crippen LogP contribution in [0.2, 0.25) is 0 Å². The van der Waals surface area contributed by atoms with Crippen molar-refractivity contribution in [2.24, 2.45) is 11.8 Å². The molecule has 0 saturated heterocycles. The SMILES string of the molecule is Cc1ccc(Br)cc1CNC(=O)C(CO)C(C)C. The van der Waals surface area contributed by atoms with Gasteiger partial charge in [-0.25, -0.2) is 0 Å². The Bertz CT molecular complexity index is 418. The number of benzene rings is 1. The van der Waals surface area contributed by atoms with Gasteiger partial charge in [-0.3, -0.25) is 4.79 Å². The van der Waals surface area contributed by atoms with E-state index in [1.807, 2.05) is 39.0 Å². The Morgan fingerprint density at radius 1 is 1.44 bits per heavy atom. The van der Waals surface area contributed by atoms with Gasteiger partial charge in [0.15, 0.2) is 0 Å². The molecule has 0 saturated carbocycles. The fraction of sp³-hybridized carbons (Fsp3) is 0.500. The molecule has 3 nitrogen and oxygen atoms in total. The van der Waals surface area contributed by atoms with Crippen LogP contribution in [0.25, 0.3) is 0 Å². The van der Waals surface area contributed by atoms with Gasteiger partial charge in [0.25, 0.3) is 0 Å². The molecule has 1 unspecified atom stereocenters. The first-order valence-corrected chi connectivity index (χ1v) is 6.88. The zero-order chi connectivity index (χ0) is 13.7. The highest BCUT2D eigenvalue weighted by Gasteiger charge is 2.20. The Hall–Kier alpha value is -0.870. The molecule has 0 aliphatic rings. The molecule has 4 heteroatoms. The minimum atomic E-state index is -0.336. The normalized spacial score (nSPS) is 12.6. The number of aryl methyl sites for hydroxylation is 1. The number of aliphatic hydroxyl groups excluding tert-OH is 1. The summed E-state index contributed by atoms with van der Waals surface area (Å²) in [6.45, 7) is 6.27. The Balaban J connectivity index is 2.64. The van der Waals surface area contributed by atoms with Gasteiger partial charge in [-0.05, 0) is 36.1 Å². The van der Waals surface area contributed by atoms with Gasteiger partial charge < -0.3 is 10.4 Å². The Labute approximate surface area is 117 Å². The van der Waals surface area contributed by atoms with E-state index in [1.54, 1.807) is 0 Å². The summed E-state index contributed by atoms with van der Waals surface area (Å²) in [5, 5.41) is 12.1. The van der Waals surface area contributed by atoms with Crippen molar-refractivity contribution in [1.82, 2.24) is 5.32 Å². The Morgan fingerprint density at radius 2 is 2.11 bits per heavy atom. The summed E-state index contributed by atoms with van der Waals surface area (Å²) in [7, 11) is 0. The fourth-order valence-corrected chi connectivity index (χ4v) is 2.15. The number of rotatable bonds is 5. The van der Waals surface area contributed by atoms with Gasteiger partial charge in [0.05, 0.1) is 12.5 Å². The predicted molar refractivity (Wildman–Crippen MR) is 76.1 cm³/mol. The molecule has 1 atom stereocenters. The first-order chi connectivity index (χ1) is 8.45. The average molecular weight is 314 g/mol. The van der Waals surface area contributed by atoms with E-state index in [9.17, 15) is 9.90 Å². The summed E-state index contributed by atoms with van der Waals surface area (Å²) in [6, 6.07) is 5.99. The average Bonchev–Trinajstić information content (AvgIpc) is 2.30. The van der Waals surface area contributed by atoms with E-state index in [2.05, 4.69) is 21.2 Å². The molecule has 100 valence electrons. The van der Waals surface area contributed by atoms with Crippen molar-refractivity contribution in [3.63, 3.8) is 0 Å². The van der Waals surface area contributed by atoms with Crippen LogP contribution in [-0.2, 0) is 11.3 Å². The van der Waals surface area contributed by atoms with Crippen LogP contribution in [0, 0.1) is 18.8 Å². The number of carbonyl (C=O) groups is 1. The third kappa shape index (κ3) is 4.10. The minimum absolute atomic E-state index is 0.0909. The van der Waals surface area contributed by atoms with Crippen LogP contribution in [0.15, 0.2) is 22.7 Å². The quantitative estimate of drug-likeness (QED) is 0.878. The first kappa shape index (κ1) is 15.2. The number of carbonyl (C=O) groups excluding carboxylic acids is 1. The van der Waals surface area contributed by atoms with E-state index >= 15 is 0 Å². The number of hydrogen-bond donors (Lipinski definition) is 2. The Morgan fingerprint density at radius 3 is 2.67 bits per heavy atom. The lowest BCUT2D eigenvalue weighted by molar-refractivity contribution is -0.127. The largest absolute Gasteiger partial charge is 0.396 e. The molecular weight excluding hydrogens is 294 g/mol. The van der Waals surface area contributed by atoms with Crippen molar-refractivity contribution in [2.75, 3.05) is 6.61 Å². The highest BCUT2D eigenvalue weighted by atomic mass is 79.9. The second-order valence-corrected chi connectivity index (χ2v) is 5.74. The van der Waals surface area contributed by atoms with Crippen LogP contribution >= 0.6 is 15.9 Å². The summed E-state index contributed by atoms with van der Waals surface area (Å²) in [5.41, 5.74) is 2.22. The number of aliphatic hydroxyl groups is 1. The summed E-state index contributed by atoms with van der Waals surface area (Å²) in [4.78, 5) is 11.9. The maximum Gasteiger partial charge on any atom is 0.225 e. The summed E-state index contributed by atoms with van der Waals surface area (Å²) in [5.74, 6) is -0.289. The van der Waals surface area contributed by atoms with Crippen molar-refractivity contribution in [3.8, 4) is 0 Å². The van der Waals surface area contributed by atoms with Crippen LogP contribution in [0.5, 0.6) is 0 Å². The second-order valence-electron chi connectivity index (χ2n) is 4.82. The van der Waals surface area contributed by atoms with E-state index in [0.29, 0.717) is 6.54 Å². The standard InChI is InChI=1S/C14H20BrNO2/c1-9(2)13(8-17)14(18)16-7-11-6-12(15)5-4-10(11)3/h4-6,9,13,17H,7-8H2,1-3H3,(H,16,18). The van der Waals surface area contributed by atoms with Gasteiger partial charge >= 0.3 is 0 Å². The summed E-state index contributed by atoms with van der Waals surface area (Å²) < 4.78 is 1.000.